The van der Waals surface area contributed by atoms with Gasteiger partial charge in [-0.3, -0.25) is 0 Å². The third-order valence-corrected chi connectivity index (χ3v) is 1.49. The molecule has 0 fully saturated rings. The average molecular weight is 243 g/mol. The van der Waals surface area contributed by atoms with E-state index in [0.717, 1.165) is 18.2 Å². The van der Waals surface area contributed by atoms with E-state index in [4.69, 9.17) is 0 Å². The summed E-state index contributed by atoms with van der Waals surface area (Å²) in [5.41, 5.74) is -1.35. The van der Waals surface area contributed by atoms with E-state index < -0.39 is 30.3 Å². The number of benzene rings is 1. The van der Waals surface area contributed by atoms with Crippen LogP contribution in [0.3, 0.4) is 0 Å². The second-order valence-electron chi connectivity index (χ2n) is 2.81. The molecule has 1 aromatic carbocycles. The molecule has 1 radical (unpaired) electrons. The molecule has 0 aliphatic rings. The molecule has 1 nitrogen and oxygen atoms in total. The van der Waals surface area contributed by atoms with Crippen LogP contribution in [0.5, 0.6) is 5.75 Å². The van der Waals surface area contributed by atoms with Crippen molar-refractivity contribution in [3.05, 3.63) is 29.8 Å². The van der Waals surface area contributed by atoms with Gasteiger partial charge in [-0.2, -0.15) is 26.3 Å². The Morgan fingerprint density at radius 2 is 1.75 bits per heavy atom. The molecule has 0 atom stereocenters. The Hall–Kier alpha value is -1.40. The van der Waals surface area contributed by atoms with Gasteiger partial charge in [-0.15, -0.1) is 0 Å². The van der Waals surface area contributed by atoms with Crippen LogP contribution in [0.15, 0.2) is 18.2 Å². The monoisotopic (exact) mass is 243 g/mol. The van der Waals surface area contributed by atoms with Gasteiger partial charge in [0.1, 0.15) is 11.3 Å². The second-order valence-corrected chi connectivity index (χ2v) is 2.81. The van der Waals surface area contributed by atoms with Crippen molar-refractivity contribution in [1.82, 2.24) is 0 Å². The average Bonchev–Trinajstić information content (AvgIpc) is 2.12. The highest BCUT2D eigenvalue weighted by Gasteiger charge is 2.36. The molecule has 0 heterocycles. The van der Waals surface area contributed by atoms with E-state index in [-0.39, 0.29) is 0 Å². The van der Waals surface area contributed by atoms with Gasteiger partial charge in [-0.1, -0.05) is 12.1 Å². The van der Waals surface area contributed by atoms with Crippen molar-refractivity contribution in [2.75, 3.05) is 6.61 Å². The van der Waals surface area contributed by atoms with Gasteiger partial charge in [-0.05, 0) is 12.1 Å². The summed E-state index contributed by atoms with van der Waals surface area (Å²) in [5.74, 6) is -0.882. The maximum Gasteiger partial charge on any atom is 0.422 e. The summed E-state index contributed by atoms with van der Waals surface area (Å²) in [7, 11) is 0. The Morgan fingerprint density at radius 1 is 1.12 bits per heavy atom. The van der Waals surface area contributed by atoms with Crippen LogP contribution in [0.2, 0.25) is 0 Å². The molecule has 0 saturated carbocycles. The van der Waals surface area contributed by atoms with Crippen LogP contribution >= 0.6 is 0 Å². The van der Waals surface area contributed by atoms with E-state index in [1.54, 1.807) is 6.07 Å². The van der Waals surface area contributed by atoms with Crippen molar-refractivity contribution >= 4 is 0 Å². The molecule has 0 N–H and O–H groups in total. The van der Waals surface area contributed by atoms with Gasteiger partial charge >= 0.3 is 12.4 Å². The summed E-state index contributed by atoms with van der Waals surface area (Å²) >= 11 is 0. The first-order valence-corrected chi connectivity index (χ1v) is 3.97. The van der Waals surface area contributed by atoms with Gasteiger partial charge in [0.05, 0.1) is 0 Å². The quantitative estimate of drug-likeness (QED) is 0.723. The molecular weight excluding hydrogens is 238 g/mol. The van der Waals surface area contributed by atoms with Gasteiger partial charge in [-0.25, -0.2) is 0 Å². The number of rotatable bonds is 2. The lowest BCUT2D eigenvalue weighted by molar-refractivity contribution is -0.158. The third-order valence-electron chi connectivity index (χ3n) is 1.49. The summed E-state index contributed by atoms with van der Waals surface area (Å²) in [4.78, 5) is 0. The lowest BCUT2D eigenvalue weighted by Gasteiger charge is -2.14. The predicted octanol–water partition coefficient (Wildman–Crippen LogP) is 3.45. The highest BCUT2D eigenvalue weighted by Crippen LogP contribution is 2.36. The highest BCUT2D eigenvalue weighted by atomic mass is 19.4. The smallest absolute Gasteiger partial charge is 0.422 e. The summed E-state index contributed by atoms with van der Waals surface area (Å²) in [5, 5.41) is 0. The van der Waals surface area contributed by atoms with Crippen molar-refractivity contribution in [2.24, 2.45) is 0 Å². The number of hydrogen-bond donors (Lipinski definition) is 0. The van der Waals surface area contributed by atoms with Crippen LogP contribution < -0.4 is 4.74 Å². The molecule has 7 heteroatoms. The van der Waals surface area contributed by atoms with E-state index in [9.17, 15) is 26.3 Å². The minimum absolute atomic E-state index is 0.811. The summed E-state index contributed by atoms with van der Waals surface area (Å²) < 4.78 is 76.1. The minimum atomic E-state index is -4.79. The largest absolute Gasteiger partial charge is 0.483 e. The fraction of sp³-hybridized carbons (Fsp3) is 0.333. The van der Waals surface area contributed by atoms with Gasteiger partial charge < -0.3 is 4.74 Å². The highest BCUT2D eigenvalue weighted by molar-refractivity contribution is 5.34. The van der Waals surface area contributed by atoms with Crippen LogP contribution in [0.25, 0.3) is 0 Å². The number of alkyl halides is 6. The Labute approximate surface area is 86.6 Å². The number of halogens is 6. The van der Waals surface area contributed by atoms with Crippen LogP contribution in [-0.4, -0.2) is 12.8 Å². The standard InChI is InChI=1S/C9H5F6O/c10-8(11,12)5-16-7-4-2-1-3-6(7)9(13,14)15/h1-2,4H,5H2. The van der Waals surface area contributed by atoms with Crippen LogP contribution in [0, 0.1) is 6.07 Å². The van der Waals surface area contributed by atoms with Crippen molar-refractivity contribution in [3.8, 4) is 5.75 Å². The van der Waals surface area contributed by atoms with Crippen LogP contribution in [0.1, 0.15) is 5.56 Å². The predicted molar refractivity (Wildman–Crippen MR) is 41.8 cm³/mol. The van der Waals surface area contributed by atoms with Crippen LogP contribution in [0.4, 0.5) is 26.3 Å². The molecule has 0 spiro atoms. The molecule has 0 saturated heterocycles. The van der Waals surface area contributed by atoms with Crippen LogP contribution in [-0.2, 0) is 6.18 Å². The van der Waals surface area contributed by atoms with Gasteiger partial charge in [0.25, 0.3) is 0 Å². The SMILES string of the molecule is FC(F)(F)COc1ccc[c]c1C(F)(F)F. The number of hydrogen-bond acceptors (Lipinski definition) is 1. The lowest BCUT2D eigenvalue weighted by Crippen LogP contribution is -2.20. The first-order valence-electron chi connectivity index (χ1n) is 3.97. The molecule has 1 aromatic rings. The normalized spacial score (nSPS) is 12.6. The van der Waals surface area contributed by atoms with E-state index in [1.807, 2.05) is 0 Å². The summed E-state index contributed by atoms with van der Waals surface area (Å²) in [6.45, 7) is -1.77. The van der Waals surface area contributed by atoms with Crippen molar-refractivity contribution in [1.29, 1.82) is 0 Å². The molecule has 0 unspecified atom stereocenters. The first kappa shape index (κ1) is 12.7. The number of ether oxygens (including phenoxy) is 1. The second kappa shape index (κ2) is 4.23. The Kier molecular flexibility index (Phi) is 3.35. The molecule has 0 aliphatic heterocycles. The molecule has 0 aliphatic carbocycles. The third kappa shape index (κ3) is 3.63. The maximum atomic E-state index is 12.3. The van der Waals surface area contributed by atoms with E-state index in [2.05, 4.69) is 4.74 Å². The fourth-order valence-electron chi connectivity index (χ4n) is 0.923. The topological polar surface area (TPSA) is 9.23 Å². The molecule has 0 aromatic heterocycles. The molecule has 0 bridgehead atoms. The molecule has 16 heavy (non-hydrogen) atoms. The molecule has 1 rings (SSSR count). The van der Waals surface area contributed by atoms with Crippen molar-refractivity contribution < 1.29 is 31.1 Å². The Bertz CT molecular complexity index is 354. The summed E-state index contributed by atoms with van der Waals surface area (Å²) in [6.07, 6.45) is -9.47. The maximum absolute atomic E-state index is 12.3. The van der Waals surface area contributed by atoms with Crippen molar-refractivity contribution in [2.45, 2.75) is 12.4 Å². The first-order chi connectivity index (χ1) is 7.20. The molecule has 0 amide bonds. The lowest BCUT2D eigenvalue weighted by atomic mass is 10.2. The zero-order chi connectivity index (χ0) is 12.4. The van der Waals surface area contributed by atoms with Crippen molar-refractivity contribution in [3.63, 3.8) is 0 Å². The zero-order valence-electron chi connectivity index (χ0n) is 7.62. The Morgan fingerprint density at radius 3 is 2.25 bits per heavy atom. The van der Waals surface area contributed by atoms with E-state index >= 15 is 0 Å². The molecule has 89 valence electrons. The summed E-state index contributed by atoms with van der Waals surface area (Å²) in [6, 6.07) is 4.67. The Balaban J connectivity index is 2.88. The van der Waals surface area contributed by atoms with E-state index in [0.29, 0.717) is 0 Å². The zero-order valence-corrected chi connectivity index (χ0v) is 7.62. The van der Waals surface area contributed by atoms with Gasteiger partial charge in [0.15, 0.2) is 6.61 Å². The fourth-order valence-corrected chi connectivity index (χ4v) is 0.923. The minimum Gasteiger partial charge on any atom is -0.483 e. The molecular formula is C9H5F6O. The van der Waals surface area contributed by atoms with Gasteiger partial charge in [0, 0.05) is 0 Å². The van der Waals surface area contributed by atoms with E-state index in [1.165, 1.54) is 0 Å². The van der Waals surface area contributed by atoms with Gasteiger partial charge in [0.2, 0.25) is 0 Å².